The molecular formula is C32H32N6O7. The van der Waals surface area contributed by atoms with Gasteiger partial charge in [0.25, 0.3) is 0 Å². The van der Waals surface area contributed by atoms with Gasteiger partial charge in [0.05, 0.1) is 38.6 Å². The molecule has 0 amide bonds. The van der Waals surface area contributed by atoms with Gasteiger partial charge in [-0.2, -0.15) is 0 Å². The van der Waals surface area contributed by atoms with Crippen LogP contribution >= 0.6 is 0 Å². The predicted octanol–water partition coefficient (Wildman–Crippen LogP) is 4.27. The number of rotatable bonds is 11. The van der Waals surface area contributed by atoms with E-state index in [1.165, 1.54) is 32.7 Å². The molecule has 0 spiro atoms. The zero-order valence-corrected chi connectivity index (χ0v) is 25.2. The molecule has 0 aliphatic carbocycles. The van der Waals surface area contributed by atoms with E-state index < -0.39 is 11.9 Å². The first-order valence-electron chi connectivity index (χ1n) is 14.1. The Labute approximate surface area is 259 Å². The molecule has 0 bridgehead atoms. The second-order valence-corrected chi connectivity index (χ2v) is 10.3. The number of esters is 2. The van der Waals surface area contributed by atoms with E-state index >= 15 is 0 Å². The largest absolute Gasteiger partial charge is 0.490 e. The summed E-state index contributed by atoms with van der Waals surface area (Å²) in [5.74, 6) is -0.803. The quantitative estimate of drug-likeness (QED) is 0.0786. The van der Waals surface area contributed by atoms with Crippen molar-refractivity contribution in [2.75, 3.05) is 34.9 Å². The fourth-order valence-corrected chi connectivity index (χ4v) is 4.80. The summed E-state index contributed by atoms with van der Waals surface area (Å²) in [6.07, 6.45) is 8.48. The Balaban J connectivity index is 1.29. The summed E-state index contributed by atoms with van der Waals surface area (Å²) in [5.41, 5.74) is 2.39. The van der Waals surface area contributed by atoms with Gasteiger partial charge in [-0.15, -0.1) is 0 Å². The number of fused-ring (bicyclic) bond motifs is 1. The first-order valence-corrected chi connectivity index (χ1v) is 14.1. The Kier molecular flexibility index (Phi) is 9.58. The number of ether oxygens (including phenoxy) is 4. The summed E-state index contributed by atoms with van der Waals surface area (Å²) in [4.78, 5) is 56.8. The van der Waals surface area contributed by atoms with Crippen LogP contribution in [0.5, 0.6) is 5.75 Å². The second-order valence-electron chi connectivity index (χ2n) is 10.3. The molecule has 13 nitrogen and oxygen atoms in total. The molecule has 1 aliphatic heterocycles. The summed E-state index contributed by atoms with van der Waals surface area (Å²) in [6, 6.07) is 11.3. The van der Waals surface area contributed by atoms with Crippen LogP contribution in [0.3, 0.4) is 0 Å². The lowest BCUT2D eigenvalue weighted by molar-refractivity contribution is -0.0161. The fourth-order valence-electron chi connectivity index (χ4n) is 4.80. The highest BCUT2D eigenvalue weighted by molar-refractivity contribution is 6.12. The highest BCUT2D eigenvalue weighted by Gasteiger charge is 2.29. The lowest BCUT2D eigenvalue weighted by Crippen LogP contribution is -2.19. The van der Waals surface area contributed by atoms with E-state index in [-0.39, 0.29) is 47.2 Å². The number of nitrogens with zero attached hydrogens (tertiary/aromatic N) is 6. The average Bonchev–Trinajstić information content (AvgIpc) is 3.72. The summed E-state index contributed by atoms with van der Waals surface area (Å²) >= 11 is 0. The Morgan fingerprint density at radius 3 is 2.51 bits per heavy atom. The number of methoxy groups -OCH3 is 2. The van der Waals surface area contributed by atoms with Crippen molar-refractivity contribution in [2.45, 2.75) is 25.2 Å². The van der Waals surface area contributed by atoms with Gasteiger partial charge in [0.1, 0.15) is 30.5 Å². The Morgan fingerprint density at radius 2 is 1.76 bits per heavy atom. The first kappa shape index (κ1) is 31.0. The van der Waals surface area contributed by atoms with Crippen molar-refractivity contribution in [3.63, 3.8) is 0 Å². The number of carbonyl (C=O) groups excluding carboxylic acids is 3. The van der Waals surface area contributed by atoms with Crippen molar-refractivity contribution in [3.8, 4) is 5.75 Å². The van der Waals surface area contributed by atoms with Gasteiger partial charge in [0.15, 0.2) is 22.8 Å². The smallest absolute Gasteiger partial charge is 0.341 e. The van der Waals surface area contributed by atoms with Gasteiger partial charge in [-0.05, 0) is 42.7 Å². The molecule has 1 saturated heterocycles. The third-order valence-electron chi connectivity index (χ3n) is 7.01. The van der Waals surface area contributed by atoms with Crippen LogP contribution in [0, 0.1) is 0 Å². The summed E-state index contributed by atoms with van der Waals surface area (Å²) in [6.45, 7) is 0.166. The maximum Gasteiger partial charge on any atom is 0.341 e. The molecule has 2 aromatic heterocycles. The van der Waals surface area contributed by atoms with E-state index in [4.69, 9.17) is 18.9 Å². The van der Waals surface area contributed by atoms with Crippen molar-refractivity contribution >= 4 is 47.1 Å². The van der Waals surface area contributed by atoms with Gasteiger partial charge in [0, 0.05) is 19.7 Å². The van der Waals surface area contributed by atoms with Crippen molar-refractivity contribution in [1.29, 1.82) is 0 Å². The third kappa shape index (κ3) is 7.04. The summed E-state index contributed by atoms with van der Waals surface area (Å²) < 4.78 is 23.9. The maximum absolute atomic E-state index is 12.9. The summed E-state index contributed by atoms with van der Waals surface area (Å²) in [5, 5.41) is 0. The third-order valence-corrected chi connectivity index (χ3v) is 7.01. The Morgan fingerprint density at radius 1 is 1.00 bits per heavy atom. The van der Waals surface area contributed by atoms with Gasteiger partial charge >= 0.3 is 11.9 Å². The molecule has 0 saturated carbocycles. The number of hydrogen-bond acceptors (Lipinski definition) is 11. The lowest BCUT2D eigenvalue weighted by Gasteiger charge is -2.17. The minimum Gasteiger partial charge on any atom is -0.490 e. The molecule has 0 N–H and O–H groups in total. The molecule has 2 atom stereocenters. The topological polar surface area (TPSA) is 147 Å². The number of aromatic nitrogens is 4. The predicted molar refractivity (Wildman–Crippen MR) is 165 cm³/mol. The molecule has 4 aromatic rings. The summed E-state index contributed by atoms with van der Waals surface area (Å²) in [7, 11) is 6.28. The normalized spacial score (nSPS) is 16.4. The van der Waals surface area contributed by atoms with E-state index in [9.17, 15) is 14.4 Å². The number of allylic oxidation sites excluding steroid dienone is 1. The molecule has 3 heterocycles. The van der Waals surface area contributed by atoms with Crippen LogP contribution < -0.4 is 4.74 Å². The minimum atomic E-state index is -0.602. The van der Waals surface area contributed by atoms with Crippen LogP contribution in [0.4, 0.5) is 5.82 Å². The minimum absolute atomic E-state index is 0.166. The van der Waals surface area contributed by atoms with Gasteiger partial charge in [0.2, 0.25) is 0 Å². The van der Waals surface area contributed by atoms with E-state index in [1.807, 2.05) is 18.7 Å². The van der Waals surface area contributed by atoms with Gasteiger partial charge in [-0.3, -0.25) is 9.36 Å². The first-order chi connectivity index (χ1) is 21.8. The van der Waals surface area contributed by atoms with Crippen LogP contribution in [-0.4, -0.2) is 89.5 Å². The Bertz CT molecular complexity index is 1780. The van der Waals surface area contributed by atoms with Crippen LogP contribution in [-0.2, 0) is 14.2 Å². The van der Waals surface area contributed by atoms with E-state index in [0.29, 0.717) is 35.4 Å². The number of benzene rings is 2. The number of carbonyl (C=O) groups is 3. The monoisotopic (exact) mass is 612 g/mol. The highest BCUT2D eigenvalue weighted by Crippen LogP contribution is 2.33. The number of imidazole rings is 1. The SMILES string of the molecule is COC(=O)c1ccc(/C=C/C(=O)c2ccccc2C(=O)OC)cc1OCC1CCC(n2cnc3c(N=CN(C)C)ncnc32)O1. The standard InChI is InChI=1S/C32H32N6O7/c1-37(2)18-36-29-28-30(34-17-33-29)38(19-35-28)27-14-11-21(45-27)16-44-26-15-20(9-12-24(26)32(41)43-4)10-13-25(39)22-7-5-6-8-23(22)31(40)42-3/h5-10,12-13,15,17-19,21,27H,11,14,16H2,1-4H3/b13-10+,36-18?. The van der Waals surface area contributed by atoms with Crippen LogP contribution in [0.15, 0.2) is 66.2 Å². The van der Waals surface area contributed by atoms with Crippen molar-refractivity contribution in [3.05, 3.63) is 83.4 Å². The van der Waals surface area contributed by atoms with Crippen molar-refractivity contribution in [1.82, 2.24) is 24.4 Å². The molecule has 1 fully saturated rings. The molecule has 232 valence electrons. The average molecular weight is 613 g/mol. The number of aliphatic imine (C=N–C) groups is 1. The van der Waals surface area contributed by atoms with Crippen LogP contribution in [0.2, 0.25) is 0 Å². The second kappa shape index (κ2) is 13.9. The lowest BCUT2D eigenvalue weighted by atomic mass is 10.0. The highest BCUT2D eigenvalue weighted by atomic mass is 16.6. The van der Waals surface area contributed by atoms with Crippen LogP contribution in [0.25, 0.3) is 17.2 Å². The van der Waals surface area contributed by atoms with E-state index in [2.05, 4.69) is 19.9 Å². The zero-order valence-electron chi connectivity index (χ0n) is 25.2. The fraction of sp³-hybridized carbons (Fsp3) is 0.281. The van der Waals surface area contributed by atoms with E-state index in [1.54, 1.807) is 60.0 Å². The molecule has 0 radical (unpaired) electrons. The Hall–Kier alpha value is -5.43. The van der Waals surface area contributed by atoms with Crippen LogP contribution in [0.1, 0.15) is 55.7 Å². The zero-order chi connectivity index (χ0) is 31.9. The van der Waals surface area contributed by atoms with Gasteiger partial charge < -0.3 is 23.8 Å². The molecule has 2 unspecified atom stereocenters. The van der Waals surface area contributed by atoms with Crippen molar-refractivity contribution in [2.24, 2.45) is 4.99 Å². The molecule has 1 aliphatic rings. The molecule has 5 rings (SSSR count). The molecular weight excluding hydrogens is 580 g/mol. The molecule has 13 heteroatoms. The molecule has 2 aromatic carbocycles. The van der Waals surface area contributed by atoms with Gasteiger partial charge in [-0.25, -0.2) is 29.5 Å². The number of hydrogen-bond donors (Lipinski definition) is 0. The number of ketones is 1. The van der Waals surface area contributed by atoms with Gasteiger partial charge in [-0.1, -0.05) is 30.3 Å². The van der Waals surface area contributed by atoms with E-state index in [0.717, 1.165) is 0 Å². The maximum atomic E-state index is 12.9. The van der Waals surface area contributed by atoms with Crippen molar-refractivity contribution < 1.29 is 33.3 Å². The molecule has 45 heavy (non-hydrogen) atoms.